The largest absolute Gasteiger partial charge is 0.316 e. The minimum absolute atomic E-state index is 0.431. The number of allylic oxidation sites excluding steroid dienone is 2. The van der Waals surface area contributed by atoms with E-state index in [0.717, 1.165) is 65.3 Å². The van der Waals surface area contributed by atoms with Gasteiger partial charge >= 0.3 is 0 Å². The first-order valence-electron chi connectivity index (χ1n) is 21.5. The molecule has 48 heavy (non-hydrogen) atoms. The van der Waals surface area contributed by atoms with E-state index in [0.29, 0.717) is 21.7 Å². The van der Waals surface area contributed by atoms with Crippen LogP contribution in [0.3, 0.4) is 0 Å². The predicted molar refractivity (Wildman–Crippen MR) is 210 cm³/mol. The van der Waals surface area contributed by atoms with Crippen molar-refractivity contribution < 1.29 is 0 Å². The maximum absolute atomic E-state index is 3.69. The Hall–Kier alpha value is -0.340. The lowest BCUT2D eigenvalue weighted by atomic mass is 9.67. The maximum Gasteiger partial charge on any atom is 0.00730 e. The standard InChI is InChI=1S/C12H22.C12H20.2C11H21N/c2*1-12(2,3)11-7-5-9-4-6-10(11)8-9;1-11(2,3)8-6-9-4-5-10(7-8)12-9;1-11(2,3)10-8-4-5-9(10)7-12-6-8/h9-11H,4-8H2,1-3H3;7,9-10H,4-6,8H2,1-3H3;2*8-10,12H,4-7H2,1-3H3. The molecular formula is C46H84N2. The second-order valence-corrected chi connectivity index (χ2v) is 22.8. The second-order valence-electron chi connectivity index (χ2n) is 22.8. The quantitative estimate of drug-likeness (QED) is 0.252. The van der Waals surface area contributed by atoms with E-state index in [1.807, 2.05) is 0 Å². The summed E-state index contributed by atoms with van der Waals surface area (Å²) in [7, 11) is 0. The Labute approximate surface area is 301 Å². The molecule has 0 aromatic rings. The van der Waals surface area contributed by atoms with Crippen LogP contribution in [0.5, 0.6) is 0 Å². The molecule has 7 fully saturated rings. The molecule has 3 saturated heterocycles. The van der Waals surface area contributed by atoms with E-state index in [1.165, 1.54) is 103 Å². The molecule has 8 rings (SSSR count). The van der Waals surface area contributed by atoms with E-state index in [2.05, 4.69) is 99.8 Å². The summed E-state index contributed by atoms with van der Waals surface area (Å²) in [6, 6.07) is 1.71. The summed E-state index contributed by atoms with van der Waals surface area (Å²) >= 11 is 0. The van der Waals surface area contributed by atoms with Gasteiger partial charge in [-0.3, -0.25) is 0 Å². The van der Waals surface area contributed by atoms with Crippen molar-refractivity contribution in [2.45, 2.75) is 191 Å². The normalized spacial score (nSPS) is 40.1. The Morgan fingerprint density at radius 1 is 0.521 bits per heavy atom. The first-order chi connectivity index (χ1) is 22.3. The summed E-state index contributed by atoms with van der Waals surface area (Å²) < 4.78 is 0. The van der Waals surface area contributed by atoms with E-state index < -0.39 is 0 Å². The fourth-order valence-corrected chi connectivity index (χ4v) is 12.7. The molecule has 4 saturated carbocycles. The van der Waals surface area contributed by atoms with Crippen LogP contribution in [0.1, 0.15) is 179 Å². The molecule has 8 bridgehead atoms. The number of piperidine rings is 2. The van der Waals surface area contributed by atoms with E-state index >= 15 is 0 Å². The number of nitrogens with one attached hydrogen (secondary N) is 2. The molecule has 3 aliphatic heterocycles. The van der Waals surface area contributed by atoms with Crippen molar-refractivity contribution in [1.82, 2.24) is 10.6 Å². The van der Waals surface area contributed by atoms with Crippen molar-refractivity contribution in [1.29, 1.82) is 0 Å². The van der Waals surface area contributed by atoms with E-state index in [1.54, 1.807) is 12.0 Å². The van der Waals surface area contributed by atoms with Crippen LogP contribution >= 0.6 is 0 Å². The summed E-state index contributed by atoms with van der Waals surface area (Å²) in [5, 5.41) is 7.24. The highest BCUT2D eigenvalue weighted by atomic mass is 15.0. The van der Waals surface area contributed by atoms with Gasteiger partial charge in [0.2, 0.25) is 0 Å². The van der Waals surface area contributed by atoms with Crippen molar-refractivity contribution in [3.63, 3.8) is 0 Å². The molecular weight excluding hydrogens is 581 g/mol. The Kier molecular flexibility index (Phi) is 12.4. The topological polar surface area (TPSA) is 24.1 Å². The highest BCUT2D eigenvalue weighted by Crippen LogP contribution is 2.52. The van der Waals surface area contributed by atoms with E-state index in [9.17, 15) is 0 Å². The van der Waals surface area contributed by atoms with Crippen molar-refractivity contribution in [2.75, 3.05) is 13.1 Å². The second kappa shape index (κ2) is 15.3. The Bertz CT molecular complexity index is 1010. The van der Waals surface area contributed by atoms with Crippen molar-refractivity contribution in [3.05, 3.63) is 11.6 Å². The lowest BCUT2D eigenvalue weighted by Gasteiger charge is -2.40. The highest BCUT2D eigenvalue weighted by Gasteiger charge is 2.45. The molecule has 0 aromatic heterocycles. The minimum atomic E-state index is 0.431. The van der Waals surface area contributed by atoms with Gasteiger partial charge < -0.3 is 10.6 Å². The monoisotopic (exact) mass is 665 g/mol. The van der Waals surface area contributed by atoms with Crippen LogP contribution in [0, 0.1) is 74.9 Å². The van der Waals surface area contributed by atoms with Gasteiger partial charge in [-0.25, -0.2) is 0 Å². The average molecular weight is 665 g/mol. The molecule has 9 atom stereocenters. The molecule has 2 nitrogen and oxygen atoms in total. The van der Waals surface area contributed by atoms with Gasteiger partial charge in [0.15, 0.2) is 0 Å². The smallest absolute Gasteiger partial charge is 0.00730 e. The molecule has 2 heteroatoms. The summed E-state index contributed by atoms with van der Waals surface area (Å²) in [5.41, 5.74) is 3.81. The molecule has 0 amide bonds. The molecule has 278 valence electrons. The highest BCUT2D eigenvalue weighted by molar-refractivity contribution is 5.20. The lowest BCUT2D eigenvalue weighted by molar-refractivity contribution is 0.109. The fourth-order valence-electron chi connectivity index (χ4n) is 12.7. The molecule has 0 spiro atoms. The Morgan fingerprint density at radius 2 is 1.08 bits per heavy atom. The van der Waals surface area contributed by atoms with Gasteiger partial charge in [-0.15, -0.1) is 0 Å². The van der Waals surface area contributed by atoms with Crippen LogP contribution in [-0.4, -0.2) is 25.2 Å². The van der Waals surface area contributed by atoms with Gasteiger partial charge in [0.05, 0.1) is 0 Å². The third-order valence-corrected chi connectivity index (χ3v) is 15.1. The third kappa shape index (κ3) is 9.95. The summed E-state index contributed by atoms with van der Waals surface area (Å²) in [4.78, 5) is 0. The number of rotatable bonds is 0. The van der Waals surface area contributed by atoms with Gasteiger partial charge in [0, 0.05) is 12.1 Å². The van der Waals surface area contributed by atoms with Gasteiger partial charge in [-0.2, -0.15) is 0 Å². The van der Waals surface area contributed by atoms with Crippen LogP contribution < -0.4 is 10.6 Å². The average Bonchev–Trinajstić information content (AvgIpc) is 3.71. The minimum Gasteiger partial charge on any atom is -0.316 e. The molecule has 0 radical (unpaired) electrons. The fraction of sp³-hybridized carbons (Fsp3) is 0.957. The molecule has 3 heterocycles. The predicted octanol–water partition coefficient (Wildman–Crippen LogP) is 12.5. The van der Waals surface area contributed by atoms with Gasteiger partial charge in [-0.05, 0) is 171 Å². The number of hydrogen-bond acceptors (Lipinski definition) is 2. The van der Waals surface area contributed by atoms with Gasteiger partial charge in [0.1, 0.15) is 0 Å². The zero-order chi connectivity index (χ0) is 35.1. The van der Waals surface area contributed by atoms with Crippen LogP contribution in [0.2, 0.25) is 0 Å². The van der Waals surface area contributed by atoms with Crippen LogP contribution in [0.25, 0.3) is 0 Å². The first-order valence-corrected chi connectivity index (χ1v) is 21.5. The van der Waals surface area contributed by atoms with Crippen LogP contribution in [0.4, 0.5) is 0 Å². The Morgan fingerprint density at radius 3 is 1.60 bits per heavy atom. The zero-order valence-corrected chi connectivity index (χ0v) is 34.4. The summed E-state index contributed by atoms with van der Waals surface area (Å²) in [6.07, 6.45) is 24.6. The van der Waals surface area contributed by atoms with E-state index in [4.69, 9.17) is 0 Å². The molecule has 0 aromatic carbocycles. The zero-order valence-electron chi connectivity index (χ0n) is 34.4. The van der Waals surface area contributed by atoms with Gasteiger partial charge in [-0.1, -0.05) is 108 Å². The number of hydrogen-bond donors (Lipinski definition) is 2. The van der Waals surface area contributed by atoms with Crippen molar-refractivity contribution in [2.24, 2.45) is 74.9 Å². The summed E-state index contributed by atoms with van der Waals surface area (Å²) in [5.74, 6) is 9.11. The Balaban J connectivity index is 0.000000125. The summed E-state index contributed by atoms with van der Waals surface area (Å²) in [6.45, 7) is 31.3. The van der Waals surface area contributed by atoms with Gasteiger partial charge in [0.25, 0.3) is 0 Å². The SMILES string of the molecule is CC(C)(C)C1=CCC2CCC1C2.CC(C)(C)C1C2CCC1CNC2.CC(C)(C)C1CC2CCC(C1)N2.CC(C)(C)C1CCC2CCC1C2. The first kappa shape index (κ1) is 38.9. The third-order valence-electron chi connectivity index (χ3n) is 15.1. The van der Waals surface area contributed by atoms with Crippen molar-refractivity contribution >= 4 is 0 Å². The molecule has 9 unspecified atom stereocenters. The maximum atomic E-state index is 3.69. The molecule has 5 aliphatic carbocycles. The molecule has 2 N–H and O–H groups in total. The molecule has 8 aliphatic rings. The van der Waals surface area contributed by atoms with Crippen LogP contribution in [0.15, 0.2) is 11.6 Å². The lowest BCUT2D eigenvalue weighted by Crippen LogP contribution is -2.43. The van der Waals surface area contributed by atoms with Crippen molar-refractivity contribution in [3.8, 4) is 0 Å². The van der Waals surface area contributed by atoms with Crippen LogP contribution in [-0.2, 0) is 0 Å². The van der Waals surface area contributed by atoms with E-state index in [-0.39, 0.29) is 0 Å². The number of fused-ring (bicyclic) bond motifs is 8.